The molecule has 4 aromatic carbocycles. The number of pyridine rings is 2. The van der Waals surface area contributed by atoms with Gasteiger partial charge >= 0.3 is 0 Å². The lowest BCUT2D eigenvalue weighted by Crippen LogP contribution is -2.00. The molecule has 4 aromatic heterocycles. The summed E-state index contributed by atoms with van der Waals surface area (Å²) >= 11 is 0. The minimum Gasteiger partial charge on any atom is -0.309 e. The van der Waals surface area contributed by atoms with Crippen molar-refractivity contribution in [3.05, 3.63) is 121 Å². The fourth-order valence-electron chi connectivity index (χ4n) is 6.65. The van der Waals surface area contributed by atoms with Crippen molar-refractivity contribution < 1.29 is 0 Å². The fourth-order valence-corrected chi connectivity index (χ4v) is 6.65. The minimum absolute atomic E-state index is 0.893. The first-order valence-electron chi connectivity index (χ1n) is 12.7. The van der Waals surface area contributed by atoms with E-state index < -0.39 is 0 Å². The zero-order chi connectivity index (χ0) is 24.1. The summed E-state index contributed by atoms with van der Waals surface area (Å²) in [5, 5.41) is 4.95. The Morgan fingerprint density at radius 2 is 1.46 bits per heavy atom. The fraction of sp³-hybridized carbons (Fsp3) is 0.0303. The SMILES string of the molecule is c1ccc(-n2c3ccccc3c3c4c(c5c(c6ncccc6n6ccnc56)c32)Cc2ccccc2-4)cc1. The highest BCUT2D eigenvalue weighted by Crippen LogP contribution is 2.51. The molecule has 0 spiro atoms. The number of hydrogen-bond donors (Lipinski definition) is 0. The average molecular weight is 473 g/mol. The quantitative estimate of drug-likeness (QED) is 0.229. The van der Waals surface area contributed by atoms with Crippen molar-refractivity contribution in [1.82, 2.24) is 18.9 Å². The second-order valence-corrected chi connectivity index (χ2v) is 9.84. The summed E-state index contributed by atoms with van der Waals surface area (Å²) in [6.07, 6.45) is 6.77. The zero-order valence-corrected chi connectivity index (χ0v) is 19.9. The van der Waals surface area contributed by atoms with Gasteiger partial charge in [0.15, 0.2) is 0 Å². The highest BCUT2D eigenvalue weighted by atomic mass is 15.0. The molecule has 0 unspecified atom stereocenters. The second-order valence-electron chi connectivity index (χ2n) is 9.84. The number of imidazole rings is 1. The van der Waals surface area contributed by atoms with E-state index in [1.54, 1.807) is 0 Å². The van der Waals surface area contributed by atoms with Gasteiger partial charge in [-0.1, -0.05) is 60.7 Å². The van der Waals surface area contributed by atoms with Crippen molar-refractivity contribution in [2.45, 2.75) is 6.42 Å². The Morgan fingerprint density at radius 3 is 2.41 bits per heavy atom. The molecule has 4 nitrogen and oxygen atoms in total. The van der Waals surface area contributed by atoms with Crippen molar-refractivity contribution in [2.24, 2.45) is 0 Å². The molecule has 0 amide bonds. The van der Waals surface area contributed by atoms with Gasteiger partial charge in [0.2, 0.25) is 0 Å². The first-order valence-corrected chi connectivity index (χ1v) is 12.7. The van der Waals surface area contributed by atoms with Crippen LogP contribution in [-0.2, 0) is 6.42 Å². The molecule has 0 saturated carbocycles. The van der Waals surface area contributed by atoms with Crippen LogP contribution in [0, 0.1) is 0 Å². The van der Waals surface area contributed by atoms with Crippen LogP contribution in [0.15, 0.2) is 110 Å². The van der Waals surface area contributed by atoms with Crippen LogP contribution in [0.25, 0.3) is 66.1 Å². The van der Waals surface area contributed by atoms with Crippen molar-refractivity contribution in [3.8, 4) is 16.8 Å². The van der Waals surface area contributed by atoms with E-state index in [1.165, 1.54) is 54.8 Å². The summed E-state index contributed by atoms with van der Waals surface area (Å²) in [5.41, 5.74) is 12.0. The number of nitrogens with zero attached hydrogens (tertiary/aromatic N) is 4. The van der Waals surface area contributed by atoms with Crippen LogP contribution < -0.4 is 0 Å². The van der Waals surface area contributed by atoms with Crippen LogP contribution in [-0.4, -0.2) is 18.9 Å². The number of rotatable bonds is 1. The molecule has 0 bridgehead atoms. The molecule has 172 valence electrons. The first kappa shape index (κ1) is 19.3. The van der Waals surface area contributed by atoms with E-state index >= 15 is 0 Å². The van der Waals surface area contributed by atoms with Gasteiger partial charge in [0.1, 0.15) is 5.65 Å². The van der Waals surface area contributed by atoms with Gasteiger partial charge in [0, 0.05) is 45.8 Å². The number of benzene rings is 4. The van der Waals surface area contributed by atoms with Gasteiger partial charge in [-0.2, -0.15) is 0 Å². The number of fused-ring (bicyclic) bond motifs is 15. The Kier molecular flexibility index (Phi) is 3.55. The molecule has 0 atom stereocenters. The molecular weight excluding hydrogens is 452 g/mol. The molecule has 1 aliphatic rings. The molecule has 4 heterocycles. The Labute approximate surface area is 212 Å². The molecule has 0 aliphatic heterocycles. The van der Waals surface area contributed by atoms with E-state index in [1.807, 2.05) is 18.5 Å². The summed E-state index contributed by atoms with van der Waals surface area (Å²) in [5.74, 6) is 0. The highest BCUT2D eigenvalue weighted by molar-refractivity contribution is 6.32. The van der Waals surface area contributed by atoms with Crippen LogP contribution in [0.4, 0.5) is 0 Å². The zero-order valence-electron chi connectivity index (χ0n) is 19.9. The van der Waals surface area contributed by atoms with Gasteiger partial charge in [-0.3, -0.25) is 9.38 Å². The lowest BCUT2D eigenvalue weighted by atomic mass is 9.93. The van der Waals surface area contributed by atoms with E-state index in [0.29, 0.717) is 0 Å². The van der Waals surface area contributed by atoms with E-state index in [4.69, 9.17) is 9.97 Å². The predicted octanol–water partition coefficient (Wildman–Crippen LogP) is 7.70. The lowest BCUT2D eigenvalue weighted by molar-refractivity contribution is 1.18. The Balaban J connectivity index is 1.70. The van der Waals surface area contributed by atoms with Gasteiger partial charge in [0.25, 0.3) is 0 Å². The second kappa shape index (κ2) is 6.83. The van der Waals surface area contributed by atoms with E-state index in [9.17, 15) is 0 Å². The summed E-state index contributed by atoms with van der Waals surface area (Å²) in [6, 6.07) is 32.5. The smallest absolute Gasteiger partial charge is 0.145 e. The molecule has 0 fully saturated rings. The number of hydrogen-bond acceptors (Lipinski definition) is 2. The summed E-state index contributed by atoms with van der Waals surface area (Å²) in [6.45, 7) is 0. The van der Waals surface area contributed by atoms with Crippen LogP contribution in [0.5, 0.6) is 0 Å². The van der Waals surface area contributed by atoms with Crippen molar-refractivity contribution in [2.75, 3.05) is 0 Å². The van der Waals surface area contributed by atoms with E-state index in [2.05, 4.69) is 100 Å². The predicted molar refractivity (Wildman–Crippen MR) is 151 cm³/mol. The molecule has 1 aliphatic carbocycles. The Bertz CT molecular complexity index is 2220. The summed E-state index contributed by atoms with van der Waals surface area (Å²) in [4.78, 5) is 9.93. The lowest BCUT2D eigenvalue weighted by Gasteiger charge is -2.16. The van der Waals surface area contributed by atoms with Crippen molar-refractivity contribution in [3.63, 3.8) is 0 Å². The monoisotopic (exact) mass is 472 g/mol. The third-order valence-electron chi connectivity index (χ3n) is 8.03. The van der Waals surface area contributed by atoms with E-state index in [-0.39, 0.29) is 0 Å². The maximum absolute atomic E-state index is 5.01. The Morgan fingerprint density at radius 1 is 0.649 bits per heavy atom. The average Bonchev–Trinajstić information content (AvgIpc) is 3.67. The van der Waals surface area contributed by atoms with Gasteiger partial charge in [-0.05, 0) is 59.0 Å². The maximum Gasteiger partial charge on any atom is 0.145 e. The van der Waals surface area contributed by atoms with Crippen LogP contribution in [0.1, 0.15) is 11.1 Å². The van der Waals surface area contributed by atoms with Crippen LogP contribution >= 0.6 is 0 Å². The third kappa shape index (κ3) is 2.33. The number of para-hydroxylation sites is 2. The largest absolute Gasteiger partial charge is 0.309 e. The third-order valence-corrected chi connectivity index (χ3v) is 8.03. The summed E-state index contributed by atoms with van der Waals surface area (Å²) in [7, 11) is 0. The summed E-state index contributed by atoms with van der Waals surface area (Å²) < 4.78 is 4.64. The van der Waals surface area contributed by atoms with Crippen LogP contribution in [0.3, 0.4) is 0 Å². The highest BCUT2D eigenvalue weighted by Gasteiger charge is 2.30. The maximum atomic E-state index is 5.01. The molecule has 4 heteroatoms. The van der Waals surface area contributed by atoms with Crippen molar-refractivity contribution in [1.29, 1.82) is 0 Å². The molecule has 37 heavy (non-hydrogen) atoms. The molecule has 0 radical (unpaired) electrons. The molecule has 9 rings (SSSR count). The number of aromatic nitrogens is 4. The van der Waals surface area contributed by atoms with Gasteiger partial charge in [-0.25, -0.2) is 4.98 Å². The standard InChI is InChI=1S/C33H20N4/c1-2-10-21(11-3-1)37-25-14-7-6-13-23(25)28-27-22-12-5-4-9-20(22)19-24(27)29-30(32(28)37)31-26(15-8-16-34-31)36-18-17-35-33(29)36/h1-18H,19H2. The van der Waals surface area contributed by atoms with Crippen LogP contribution in [0.2, 0.25) is 0 Å². The normalized spacial score (nSPS) is 12.8. The Hall–Kier alpha value is -4.96. The topological polar surface area (TPSA) is 35.1 Å². The first-order chi connectivity index (χ1) is 18.4. The molecular formula is C33H20N4. The van der Waals surface area contributed by atoms with Crippen molar-refractivity contribution >= 4 is 49.3 Å². The van der Waals surface area contributed by atoms with Gasteiger partial charge in [0.05, 0.1) is 22.1 Å². The molecule has 0 N–H and O–H groups in total. The van der Waals surface area contributed by atoms with Gasteiger partial charge in [-0.15, -0.1) is 0 Å². The molecule has 0 saturated heterocycles. The van der Waals surface area contributed by atoms with E-state index in [0.717, 1.165) is 28.8 Å². The minimum atomic E-state index is 0.893. The molecule has 8 aromatic rings. The van der Waals surface area contributed by atoms with Gasteiger partial charge < -0.3 is 4.57 Å².